The summed E-state index contributed by atoms with van der Waals surface area (Å²) in [5, 5.41) is 7.76. The van der Waals surface area contributed by atoms with E-state index in [0.717, 1.165) is 11.5 Å². The summed E-state index contributed by atoms with van der Waals surface area (Å²) in [5.74, 6) is 1.95. The fraction of sp³-hybridized carbons (Fsp3) is 0.194. The van der Waals surface area contributed by atoms with Crippen molar-refractivity contribution >= 4 is 40.0 Å². The van der Waals surface area contributed by atoms with Crippen molar-refractivity contribution in [1.82, 2.24) is 0 Å². The molecule has 1 aromatic heterocycles. The molecule has 0 N–H and O–H groups in total. The van der Waals surface area contributed by atoms with Crippen LogP contribution in [0.1, 0.15) is 16.7 Å². The Morgan fingerprint density at radius 3 is 2.32 bits per heavy atom. The number of hydrogen-bond donors (Lipinski definition) is 0. The zero-order chi connectivity index (χ0) is 23.8. The molecule has 4 aromatic carbocycles. The summed E-state index contributed by atoms with van der Waals surface area (Å²) in [6.07, 6.45) is 2.26. The molecule has 2 heterocycles. The summed E-state index contributed by atoms with van der Waals surface area (Å²) >= 11 is 0. The van der Waals surface area contributed by atoms with Crippen LogP contribution >= 0.6 is 0 Å². The minimum atomic E-state index is -1.84. The lowest BCUT2D eigenvalue weighted by atomic mass is 9.89. The number of aryl methyl sites for hydroxylation is 3. The van der Waals surface area contributed by atoms with Crippen LogP contribution in [0.3, 0.4) is 0 Å². The van der Waals surface area contributed by atoms with Crippen molar-refractivity contribution in [2.75, 3.05) is 0 Å². The van der Waals surface area contributed by atoms with E-state index in [1.807, 2.05) is 0 Å². The van der Waals surface area contributed by atoms with Gasteiger partial charge in [0.1, 0.15) is 20.9 Å². The molecule has 0 saturated carbocycles. The molecule has 0 amide bonds. The van der Waals surface area contributed by atoms with E-state index in [2.05, 4.69) is 118 Å². The highest BCUT2D eigenvalue weighted by atomic mass is 28.3. The highest BCUT2D eigenvalue weighted by molar-refractivity contribution is 7.00. The van der Waals surface area contributed by atoms with Crippen LogP contribution in [0.2, 0.25) is 13.1 Å². The standard InChI is InChI=1S/C31H30NOSi/c1-19-14-23-16-20(2)21(3)28-29(23)27(15-19)33-31-26-17-25(13-12-22(26)18-32(4)30(28)31)34(5,6)24-10-8-7-9-11-24/h7-18H,1-6H3/q+1. The second kappa shape index (κ2) is 7.28. The molecule has 2 nitrogen and oxygen atoms in total. The molecule has 0 unspecified atom stereocenters. The van der Waals surface area contributed by atoms with Crippen LogP contribution in [0, 0.1) is 20.8 Å². The van der Waals surface area contributed by atoms with Gasteiger partial charge in [-0.3, -0.25) is 0 Å². The van der Waals surface area contributed by atoms with E-state index in [1.165, 1.54) is 59.9 Å². The third kappa shape index (κ3) is 2.97. The molecule has 6 rings (SSSR count). The van der Waals surface area contributed by atoms with E-state index >= 15 is 0 Å². The Morgan fingerprint density at radius 1 is 0.794 bits per heavy atom. The Hall–Kier alpha value is -3.43. The number of fused-ring (bicyclic) bond motifs is 4. The number of pyridine rings is 1. The van der Waals surface area contributed by atoms with Gasteiger partial charge in [-0.2, -0.15) is 4.57 Å². The molecular weight excluding hydrogens is 430 g/mol. The van der Waals surface area contributed by atoms with Crippen LogP contribution in [0.25, 0.3) is 32.8 Å². The molecule has 0 bridgehead atoms. The van der Waals surface area contributed by atoms with Crippen LogP contribution < -0.4 is 19.7 Å². The second-order valence-electron chi connectivity index (χ2n) is 10.4. The Kier molecular flexibility index (Phi) is 4.52. The SMILES string of the molecule is Cc1cc2c3c(c(C)c(C)cc3c1)-c1c(c3cc([Si](C)(C)c4ccccc4)ccc3c[n+]1C)O2. The van der Waals surface area contributed by atoms with Crippen LogP contribution in [0.4, 0.5) is 0 Å². The molecule has 5 aromatic rings. The van der Waals surface area contributed by atoms with E-state index in [0.29, 0.717) is 0 Å². The fourth-order valence-corrected chi connectivity index (χ4v) is 7.97. The van der Waals surface area contributed by atoms with Gasteiger partial charge in [0.15, 0.2) is 6.20 Å². The first-order valence-electron chi connectivity index (χ1n) is 12.0. The average Bonchev–Trinajstić information content (AvgIpc) is 2.82. The predicted octanol–water partition coefficient (Wildman–Crippen LogP) is 6.34. The zero-order valence-electron chi connectivity index (χ0n) is 20.8. The van der Waals surface area contributed by atoms with Crippen LogP contribution in [-0.2, 0) is 7.05 Å². The minimum Gasteiger partial charge on any atom is -0.449 e. The van der Waals surface area contributed by atoms with Crippen LogP contribution in [-0.4, -0.2) is 8.07 Å². The predicted molar refractivity (Wildman–Crippen MR) is 146 cm³/mol. The lowest BCUT2D eigenvalue weighted by molar-refractivity contribution is -0.659. The van der Waals surface area contributed by atoms with Crippen molar-refractivity contribution in [1.29, 1.82) is 0 Å². The highest BCUT2D eigenvalue weighted by Crippen LogP contribution is 2.49. The lowest BCUT2D eigenvalue weighted by Gasteiger charge is -2.26. The van der Waals surface area contributed by atoms with Gasteiger partial charge in [0.2, 0.25) is 5.75 Å². The molecule has 0 fully saturated rings. The quantitative estimate of drug-likeness (QED) is 0.217. The molecule has 34 heavy (non-hydrogen) atoms. The molecular formula is C31H30NOSi+. The molecule has 1 aliphatic rings. The topological polar surface area (TPSA) is 13.1 Å². The summed E-state index contributed by atoms with van der Waals surface area (Å²) in [4.78, 5) is 0. The van der Waals surface area contributed by atoms with E-state index in [4.69, 9.17) is 4.74 Å². The van der Waals surface area contributed by atoms with Gasteiger partial charge in [0.05, 0.1) is 5.56 Å². The maximum absolute atomic E-state index is 6.79. The number of nitrogens with zero attached hydrogens (tertiary/aromatic N) is 1. The van der Waals surface area contributed by atoms with Crippen molar-refractivity contribution in [2.45, 2.75) is 33.9 Å². The van der Waals surface area contributed by atoms with Gasteiger partial charge in [-0.05, 0) is 55.0 Å². The first-order valence-corrected chi connectivity index (χ1v) is 15.0. The average molecular weight is 461 g/mol. The van der Waals surface area contributed by atoms with Gasteiger partial charge < -0.3 is 4.74 Å². The smallest absolute Gasteiger partial charge is 0.257 e. The number of hydrogen-bond acceptors (Lipinski definition) is 1. The Morgan fingerprint density at radius 2 is 1.56 bits per heavy atom. The Bertz CT molecular complexity index is 1630. The zero-order valence-corrected chi connectivity index (χ0v) is 21.8. The Labute approximate surface area is 202 Å². The molecule has 0 aliphatic carbocycles. The summed E-state index contributed by atoms with van der Waals surface area (Å²) in [6.45, 7) is 11.5. The molecule has 168 valence electrons. The summed E-state index contributed by atoms with van der Waals surface area (Å²) in [7, 11) is 0.301. The maximum atomic E-state index is 6.79. The van der Waals surface area contributed by atoms with E-state index in [9.17, 15) is 0 Å². The van der Waals surface area contributed by atoms with E-state index < -0.39 is 8.07 Å². The van der Waals surface area contributed by atoms with Gasteiger partial charge in [-0.1, -0.05) is 78.1 Å². The number of rotatable bonds is 2. The summed E-state index contributed by atoms with van der Waals surface area (Å²) in [5.41, 5.74) is 6.35. The molecule has 0 radical (unpaired) electrons. The molecule has 3 heteroatoms. The van der Waals surface area contributed by atoms with Gasteiger partial charge in [-0.15, -0.1) is 0 Å². The van der Waals surface area contributed by atoms with Gasteiger partial charge in [0, 0.05) is 16.2 Å². The first-order chi connectivity index (χ1) is 16.3. The minimum absolute atomic E-state index is 0.970. The van der Waals surface area contributed by atoms with Crippen molar-refractivity contribution in [3.63, 3.8) is 0 Å². The Balaban J connectivity index is 1.68. The van der Waals surface area contributed by atoms with Gasteiger partial charge in [-0.25, -0.2) is 0 Å². The number of ether oxygens (including phenoxy) is 1. The third-order valence-electron chi connectivity index (χ3n) is 7.73. The summed E-state index contributed by atoms with van der Waals surface area (Å²) < 4.78 is 9.04. The molecule has 0 spiro atoms. The third-order valence-corrected chi connectivity index (χ3v) is 11.3. The maximum Gasteiger partial charge on any atom is 0.257 e. The van der Waals surface area contributed by atoms with E-state index in [-0.39, 0.29) is 0 Å². The van der Waals surface area contributed by atoms with Crippen LogP contribution in [0.15, 0.2) is 72.9 Å². The number of benzene rings is 4. The van der Waals surface area contributed by atoms with E-state index in [1.54, 1.807) is 0 Å². The summed E-state index contributed by atoms with van der Waals surface area (Å²) in [6, 6.07) is 24.7. The van der Waals surface area contributed by atoms with Crippen molar-refractivity contribution < 1.29 is 9.30 Å². The second-order valence-corrected chi connectivity index (χ2v) is 14.8. The molecule has 0 atom stereocenters. The van der Waals surface area contributed by atoms with Crippen molar-refractivity contribution in [2.24, 2.45) is 7.05 Å². The molecule has 0 saturated heterocycles. The van der Waals surface area contributed by atoms with Crippen molar-refractivity contribution in [3.05, 3.63) is 89.6 Å². The van der Waals surface area contributed by atoms with Crippen molar-refractivity contribution in [3.8, 4) is 22.8 Å². The van der Waals surface area contributed by atoms with Crippen LogP contribution in [0.5, 0.6) is 11.5 Å². The number of aromatic nitrogens is 1. The highest BCUT2D eigenvalue weighted by Gasteiger charge is 2.33. The first kappa shape index (κ1) is 21.1. The van der Waals surface area contributed by atoms with Gasteiger partial charge in [0.25, 0.3) is 5.69 Å². The molecule has 1 aliphatic heterocycles. The largest absolute Gasteiger partial charge is 0.449 e. The monoisotopic (exact) mass is 460 g/mol. The fourth-order valence-electron chi connectivity index (χ4n) is 5.60. The lowest BCUT2D eigenvalue weighted by Crippen LogP contribution is -2.52. The van der Waals surface area contributed by atoms with Gasteiger partial charge >= 0.3 is 0 Å². The normalized spacial score (nSPS) is 12.6.